The number of pyridine rings is 1. The van der Waals surface area contributed by atoms with E-state index in [1.165, 1.54) is 0 Å². The molecule has 0 bridgehead atoms. The number of rotatable bonds is 3. The van der Waals surface area contributed by atoms with Crippen LogP contribution in [0.5, 0.6) is 5.88 Å². The molecule has 0 saturated carbocycles. The van der Waals surface area contributed by atoms with Gasteiger partial charge in [-0.15, -0.1) is 0 Å². The summed E-state index contributed by atoms with van der Waals surface area (Å²) in [7, 11) is 0. The van der Waals surface area contributed by atoms with Crippen LogP contribution in [0, 0.1) is 3.57 Å². The van der Waals surface area contributed by atoms with Crippen LogP contribution >= 0.6 is 22.6 Å². The van der Waals surface area contributed by atoms with Crippen molar-refractivity contribution in [3.63, 3.8) is 0 Å². The quantitative estimate of drug-likeness (QED) is 0.675. The third-order valence-corrected chi connectivity index (χ3v) is 4.30. The second-order valence-corrected chi connectivity index (χ2v) is 6.58. The maximum Gasteiger partial charge on any atom is 0.416 e. The molecule has 3 rings (SSSR count). The Bertz CT molecular complexity index is 744. The fraction of sp³-hybridized carbons (Fsp3) is 0.250. The lowest BCUT2D eigenvalue weighted by molar-refractivity contribution is -0.137. The third kappa shape index (κ3) is 3.80. The molecule has 1 saturated heterocycles. The van der Waals surface area contributed by atoms with E-state index in [2.05, 4.69) is 27.6 Å². The Kier molecular flexibility index (Phi) is 4.66. The Morgan fingerprint density at radius 3 is 2.50 bits per heavy atom. The van der Waals surface area contributed by atoms with Crippen molar-refractivity contribution in [2.75, 3.05) is 13.1 Å². The van der Waals surface area contributed by atoms with Gasteiger partial charge in [0.25, 0.3) is 5.91 Å². The highest BCUT2D eigenvalue weighted by Crippen LogP contribution is 2.31. The Morgan fingerprint density at radius 1 is 1.21 bits per heavy atom. The number of halogens is 4. The van der Waals surface area contributed by atoms with E-state index >= 15 is 0 Å². The zero-order valence-electron chi connectivity index (χ0n) is 12.3. The minimum atomic E-state index is -4.44. The lowest BCUT2D eigenvalue weighted by Crippen LogP contribution is -2.56. The highest BCUT2D eigenvalue weighted by Gasteiger charge is 2.34. The van der Waals surface area contributed by atoms with E-state index in [-0.39, 0.29) is 17.9 Å². The zero-order chi connectivity index (χ0) is 17.3. The summed E-state index contributed by atoms with van der Waals surface area (Å²) in [6, 6.07) is 8.92. The minimum Gasteiger partial charge on any atom is -0.471 e. The van der Waals surface area contributed by atoms with Crippen LogP contribution in [0.4, 0.5) is 13.2 Å². The van der Waals surface area contributed by atoms with Crippen molar-refractivity contribution in [1.82, 2.24) is 9.88 Å². The number of nitrogens with zero attached hydrogens (tertiary/aromatic N) is 2. The monoisotopic (exact) mass is 448 g/mol. The van der Waals surface area contributed by atoms with Gasteiger partial charge in [-0.25, -0.2) is 4.98 Å². The third-order valence-electron chi connectivity index (χ3n) is 3.58. The summed E-state index contributed by atoms with van der Waals surface area (Å²) in [4.78, 5) is 17.6. The number of benzene rings is 1. The molecule has 126 valence electrons. The van der Waals surface area contributed by atoms with Crippen molar-refractivity contribution in [3.05, 3.63) is 57.3 Å². The largest absolute Gasteiger partial charge is 0.471 e. The van der Waals surface area contributed by atoms with E-state index < -0.39 is 11.7 Å². The molecule has 0 radical (unpaired) electrons. The van der Waals surface area contributed by atoms with E-state index in [4.69, 9.17) is 4.74 Å². The van der Waals surface area contributed by atoms with Crippen LogP contribution in [0.25, 0.3) is 0 Å². The topological polar surface area (TPSA) is 42.4 Å². The van der Waals surface area contributed by atoms with Crippen LogP contribution in [0.3, 0.4) is 0 Å². The molecule has 2 aromatic rings. The van der Waals surface area contributed by atoms with E-state index in [1.54, 1.807) is 17.0 Å². The maximum atomic E-state index is 12.6. The predicted octanol–water partition coefficient (Wildman–Crippen LogP) is 3.61. The fourth-order valence-corrected chi connectivity index (χ4v) is 2.63. The predicted molar refractivity (Wildman–Crippen MR) is 88.7 cm³/mol. The van der Waals surface area contributed by atoms with Gasteiger partial charge in [-0.1, -0.05) is 0 Å². The molecule has 0 spiro atoms. The summed E-state index contributed by atoms with van der Waals surface area (Å²) in [6.45, 7) is 0.644. The molecule has 1 fully saturated rings. The van der Waals surface area contributed by atoms with Gasteiger partial charge in [0.15, 0.2) is 0 Å². The highest BCUT2D eigenvalue weighted by molar-refractivity contribution is 14.1. The number of hydrogen-bond acceptors (Lipinski definition) is 3. The van der Waals surface area contributed by atoms with E-state index in [9.17, 15) is 18.0 Å². The Labute approximate surface area is 149 Å². The van der Waals surface area contributed by atoms with Gasteiger partial charge in [0.1, 0.15) is 6.10 Å². The minimum absolute atomic E-state index is 0.0869. The lowest BCUT2D eigenvalue weighted by atomic mass is 10.1. The van der Waals surface area contributed by atoms with Gasteiger partial charge in [-0.2, -0.15) is 13.2 Å². The number of amides is 1. The number of carbonyl (C=O) groups excluding carboxylic acids is 1. The maximum absolute atomic E-state index is 12.6. The molecule has 1 aliphatic rings. The molecule has 1 amide bonds. The molecule has 0 aliphatic carbocycles. The highest BCUT2D eigenvalue weighted by atomic mass is 127. The molecule has 1 aromatic heterocycles. The molecular weight excluding hydrogens is 436 g/mol. The molecule has 2 heterocycles. The molecule has 1 aliphatic heterocycles. The SMILES string of the molecule is O=C(c1ccc(I)cc1)N1CC(Oc2cc(C(F)(F)F)ccn2)C1. The van der Waals surface area contributed by atoms with Gasteiger partial charge in [0.2, 0.25) is 5.88 Å². The van der Waals surface area contributed by atoms with Crippen molar-refractivity contribution in [2.45, 2.75) is 12.3 Å². The van der Waals surface area contributed by atoms with Crippen LogP contribution in [-0.4, -0.2) is 35.0 Å². The van der Waals surface area contributed by atoms with Crippen LogP contribution in [0.1, 0.15) is 15.9 Å². The fourth-order valence-electron chi connectivity index (χ4n) is 2.27. The van der Waals surface area contributed by atoms with Crippen molar-refractivity contribution in [3.8, 4) is 5.88 Å². The first-order chi connectivity index (χ1) is 11.3. The number of carbonyl (C=O) groups is 1. The van der Waals surface area contributed by atoms with Gasteiger partial charge < -0.3 is 9.64 Å². The smallest absolute Gasteiger partial charge is 0.416 e. The normalized spacial score (nSPS) is 15.1. The van der Waals surface area contributed by atoms with E-state index in [1.807, 2.05) is 12.1 Å². The Morgan fingerprint density at radius 2 is 1.88 bits per heavy atom. The second kappa shape index (κ2) is 6.58. The molecule has 0 atom stereocenters. The van der Waals surface area contributed by atoms with Gasteiger partial charge in [-0.05, 0) is 52.9 Å². The van der Waals surface area contributed by atoms with Crippen LogP contribution in [-0.2, 0) is 6.18 Å². The first kappa shape index (κ1) is 17.0. The van der Waals surface area contributed by atoms with Gasteiger partial charge >= 0.3 is 6.18 Å². The number of alkyl halides is 3. The molecule has 1 aromatic carbocycles. The Balaban J connectivity index is 1.57. The van der Waals surface area contributed by atoms with Crippen LogP contribution in [0.2, 0.25) is 0 Å². The number of aromatic nitrogens is 1. The van der Waals surface area contributed by atoms with E-state index in [0.717, 1.165) is 21.9 Å². The molecule has 24 heavy (non-hydrogen) atoms. The summed E-state index contributed by atoms with van der Waals surface area (Å²) in [5.41, 5.74) is -0.232. The molecule has 4 nitrogen and oxygen atoms in total. The molecular formula is C16H12F3IN2O2. The Hall–Kier alpha value is -1.84. The van der Waals surface area contributed by atoms with Crippen molar-refractivity contribution in [1.29, 1.82) is 0 Å². The summed E-state index contributed by atoms with van der Waals surface area (Å²) >= 11 is 2.15. The molecule has 0 N–H and O–H groups in total. The average Bonchev–Trinajstić information content (AvgIpc) is 2.50. The second-order valence-electron chi connectivity index (χ2n) is 5.34. The van der Waals surface area contributed by atoms with Crippen LogP contribution in [0.15, 0.2) is 42.6 Å². The zero-order valence-corrected chi connectivity index (χ0v) is 14.4. The van der Waals surface area contributed by atoms with Crippen molar-refractivity contribution >= 4 is 28.5 Å². The first-order valence-electron chi connectivity index (χ1n) is 7.07. The van der Waals surface area contributed by atoms with Gasteiger partial charge in [-0.3, -0.25) is 4.79 Å². The summed E-state index contributed by atoms with van der Waals surface area (Å²) in [6.07, 6.45) is -3.73. The number of ether oxygens (including phenoxy) is 1. The summed E-state index contributed by atoms with van der Waals surface area (Å²) < 4.78 is 44.4. The number of likely N-dealkylation sites (tertiary alicyclic amines) is 1. The van der Waals surface area contributed by atoms with E-state index in [0.29, 0.717) is 18.7 Å². The van der Waals surface area contributed by atoms with Crippen molar-refractivity contribution < 1.29 is 22.7 Å². The summed E-state index contributed by atoms with van der Waals surface area (Å²) in [5.74, 6) is -0.209. The average molecular weight is 448 g/mol. The molecule has 0 unspecified atom stereocenters. The summed E-state index contributed by atoms with van der Waals surface area (Å²) in [5, 5.41) is 0. The van der Waals surface area contributed by atoms with Gasteiger partial charge in [0.05, 0.1) is 18.7 Å². The standard InChI is InChI=1S/C16H12F3IN2O2/c17-16(18,19)11-5-6-21-14(7-11)24-13-8-22(9-13)15(23)10-1-3-12(20)4-2-10/h1-7,13H,8-9H2. The molecule has 8 heteroatoms. The number of hydrogen-bond donors (Lipinski definition) is 0. The first-order valence-corrected chi connectivity index (χ1v) is 8.15. The lowest BCUT2D eigenvalue weighted by Gasteiger charge is -2.38. The van der Waals surface area contributed by atoms with Crippen molar-refractivity contribution in [2.24, 2.45) is 0 Å². The van der Waals surface area contributed by atoms with Crippen LogP contribution < -0.4 is 4.74 Å². The van der Waals surface area contributed by atoms with Gasteiger partial charge in [0, 0.05) is 21.4 Å².